The standard InChI is InChI=1S/C16H20ClNO2S/c1-11(19)21-10-12-8-15(20)18(9-12)16(2,3)13-4-6-14(17)7-5-13/h4-7,12H,8-10H2,1-3H3. The number of likely N-dealkylation sites (tertiary alicyclic amines) is 1. The first-order chi connectivity index (χ1) is 9.80. The van der Waals surface area contributed by atoms with Crippen molar-refractivity contribution in [2.24, 2.45) is 5.92 Å². The van der Waals surface area contributed by atoms with E-state index < -0.39 is 0 Å². The molecule has 0 bridgehead atoms. The Bertz CT molecular complexity index is 542. The first kappa shape index (κ1) is 16.4. The lowest BCUT2D eigenvalue weighted by Gasteiger charge is -2.36. The molecule has 1 aliphatic rings. The van der Waals surface area contributed by atoms with E-state index in [1.54, 1.807) is 6.92 Å². The average Bonchev–Trinajstić information content (AvgIpc) is 2.79. The van der Waals surface area contributed by atoms with Gasteiger partial charge in [-0.2, -0.15) is 0 Å². The Kier molecular flexibility index (Phi) is 4.99. The molecular weight excluding hydrogens is 306 g/mol. The molecule has 0 aromatic heterocycles. The summed E-state index contributed by atoms with van der Waals surface area (Å²) in [5.41, 5.74) is 0.706. The molecule has 0 spiro atoms. The topological polar surface area (TPSA) is 37.4 Å². The molecule has 0 radical (unpaired) electrons. The second kappa shape index (κ2) is 6.41. The van der Waals surface area contributed by atoms with E-state index in [1.165, 1.54) is 11.8 Å². The van der Waals surface area contributed by atoms with Gasteiger partial charge in [-0.1, -0.05) is 35.5 Å². The van der Waals surface area contributed by atoms with Gasteiger partial charge in [0.05, 0.1) is 5.54 Å². The maximum Gasteiger partial charge on any atom is 0.223 e. The van der Waals surface area contributed by atoms with Gasteiger partial charge in [0.15, 0.2) is 5.12 Å². The maximum absolute atomic E-state index is 12.3. The van der Waals surface area contributed by atoms with Crippen LogP contribution in [0.5, 0.6) is 0 Å². The zero-order chi connectivity index (χ0) is 15.6. The Labute approximate surface area is 135 Å². The normalized spacial score (nSPS) is 19.1. The lowest BCUT2D eigenvalue weighted by molar-refractivity contribution is -0.132. The van der Waals surface area contributed by atoms with Crippen LogP contribution >= 0.6 is 23.4 Å². The molecule has 1 fully saturated rings. The molecule has 1 aromatic carbocycles. The molecule has 5 heteroatoms. The molecule has 1 heterocycles. The summed E-state index contributed by atoms with van der Waals surface area (Å²) in [6.45, 7) is 6.37. The van der Waals surface area contributed by atoms with E-state index in [4.69, 9.17) is 11.6 Å². The molecule has 1 aromatic rings. The largest absolute Gasteiger partial charge is 0.333 e. The van der Waals surface area contributed by atoms with Gasteiger partial charge < -0.3 is 4.90 Å². The molecular formula is C16H20ClNO2S. The minimum Gasteiger partial charge on any atom is -0.333 e. The van der Waals surface area contributed by atoms with Crippen molar-refractivity contribution in [1.29, 1.82) is 0 Å². The number of halogens is 1. The molecule has 0 N–H and O–H groups in total. The van der Waals surface area contributed by atoms with Gasteiger partial charge in [0.25, 0.3) is 0 Å². The van der Waals surface area contributed by atoms with Crippen molar-refractivity contribution in [3.63, 3.8) is 0 Å². The van der Waals surface area contributed by atoms with E-state index in [1.807, 2.05) is 29.2 Å². The second-order valence-corrected chi connectivity index (χ2v) is 7.58. The zero-order valence-electron chi connectivity index (χ0n) is 12.6. The maximum atomic E-state index is 12.3. The van der Waals surface area contributed by atoms with Crippen LogP contribution in [0.4, 0.5) is 0 Å². The van der Waals surface area contributed by atoms with Crippen LogP contribution < -0.4 is 0 Å². The predicted octanol–water partition coefficient (Wildman–Crippen LogP) is 3.70. The van der Waals surface area contributed by atoms with E-state index in [0.29, 0.717) is 23.7 Å². The Morgan fingerprint density at radius 3 is 2.57 bits per heavy atom. The van der Waals surface area contributed by atoms with E-state index >= 15 is 0 Å². The Morgan fingerprint density at radius 1 is 1.38 bits per heavy atom. The Balaban J connectivity index is 2.11. The fourth-order valence-electron chi connectivity index (χ4n) is 2.68. The molecule has 21 heavy (non-hydrogen) atoms. The van der Waals surface area contributed by atoms with Crippen molar-refractivity contribution < 1.29 is 9.59 Å². The minimum atomic E-state index is -0.364. The van der Waals surface area contributed by atoms with E-state index in [-0.39, 0.29) is 22.5 Å². The highest BCUT2D eigenvalue weighted by molar-refractivity contribution is 8.13. The molecule has 1 amide bonds. The number of rotatable bonds is 4. The summed E-state index contributed by atoms with van der Waals surface area (Å²) in [6, 6.07) is 7.63. The summed E-state index contributed by atoms with van der Waals surface area (Å²) in [6.07, 6.45) is 0.525. The SMILES string of the molecule is CC(=O)SCC1CC(=O)N(C(C)(C)c2ccc(Cl)cc2)C1. The quantitative estimate of drug-likeness (QED) is 0.847. The van der Waals surface area contributed by atoms with Crippen molar-refractivity contribution in [3.8, 4) is 0 Å². The first-order valence-corrected chi connectivity index (χ1v) is 8.37. The van der Waals surface area contributed by atoms with Crippen LogP contribution in [0, 0.1) is 5.92 Å². The third-order valence-electron chi connectivity index (χ3n) is 3.95. The number of thioether (sulfide) groups is 1. The van der Waals surface area contributed by atoms with Crippen LogP contribution in [-0.2, 0) is 15.1 Å². The molecule has 1 unspecified atom stereocenters. The van der Waals surface area contributed by atoms with Gasteiger partial charge in [-0.3, -0.25) is 9.59 Å². The van der Waals surface area contributed by atoms with Crippen molar-refractivity contribution in [1.82, 2.24) is 4.90 Å². The summed E-state index contributed by atoms with van der Waals surface area (Å²) in [5.74, 6) is 1.12. The Hall–Kier alpha value is -1.00. The molecule has 0 aliphatic carbocycles. The zero-order valence-corrected chi connectivity index (χ0v) is 14.1. The fraction of sp³-hybridized carbons (Fsp3) is 0.500. The summed E-state index contributed by atoms with van der Waals surface area (Å²) in [4.78, 5) is 25.3. The smallest absolute Gasteiger partial charge is 0.223 e. The van der Waals surface area contributed by atoms with Gasteiger partial charge >= 0.3 is 0 Å². The van der Waals surface area contributed by atoms with Crippen molar-refractivity contribution in [2.75, 3.05) is 12.3 Å². The van der Waals surface area contributed by atoms with Crippen molar-refractivity contribution in [3.05, 3.63) is 34.9 Å². The van der Waals surface area contributed by atoms with E-state index in [0.717, 1.165) is 5.56 Å². The molecule has 1 atom stereocenters. The van der Waals surface area contributed by atoms with E-state index in [2.05, 4.69) is 13.8 Å². The molecule has 114 valence electrons. The highest BCUT2D eigenvalue weighted by Gasteiger charge is 2.39. The van der Waals surface area contributed by atoms with Gasteiger partial charge in [0.1, 0.15) is 0 Å². The predicted molar refractivity (Wildman–Crippen MR) is 87.4 cm³/mol. The van der Waals surface area contributed by atoms with Gasteiger partial charge in [-0.05, 0) is 37.5 Å². The van der Waals surface area contributed by atoms with Gasteiger partial charge in [-0.15, -0.1) is 0 Å². The first-order valence-electron chi connectivity index (χ1n) is 7.00. The summed E-state index contributed by atoms with van der Waals surface area (Å²) in [5, 5.41) is 0.802. The molecule has 3 nitrogen and oxygen atoms in total. The molecule has 0 saturated carbocycles. The number of nitrogens with zero attached hydrogens (tertiary/aromatic N) is 1. The lowest BCUT2D eigenvalue weighted by Crippen LogP contribution is -2.42. The third kappa shape index (κ3) is 3.80. The number of carbonyl (C=O) groups excluding carboxylic acids is 2. The number of carbonyl (C=O) groups is 2. The fourth-order valence-corrected chi connectivity index (χ4v) is 3.50. The summed E-state index contributed by atoms with van der Waals surface area (Å²) < 4.78 is 0. The minimum absolute atomic E-state index is 0.109. The van der Waals surface area contributed by atoms with Gasteiger partial charge in [-0.25, -0.2) is 0 Å². The summed E-state index contributed by atoms with van der Waals surface area (Å²) in [7, 11) is 0. The van der Waals surface area contributed by atoms with Crippen LogP contribution in [0.25, 0.3) is 0 Å². The van der Waals surface area contributed by atoms with Gasteiger partial charge in [0, 0.05) is 30.7 Å². The van der Waals surface area contributed by atoms with Crippen LogP contribution in [0.1, 0.15) is 32.8 Å². The number of hydrogen-bond acceptors (Lipinski definition) is 3. The van der Waals surface area contributed by atoms with Crippen LogP contribution in [0.2, 0.25) is 5.02 Å². The lowest BCUT2D eigenvalue weighted by atomic mass is 9.92. The van der Waals surface area contributed by atoms with Crippen molar-refractivity contribution >= 4 is 34.4 Å². The monoisotopic (exact) mass is 325 g/mol. The molecule has 1 saturated heterocycles. The van der Waals surface area contributed by atoms with Crippen LogP contribution in [0.3, 0.4) is 0 Å². The third-order valence-corrected chi connectivity index (χ3v) is 5.25. The number of benzene rings is 1. The Morgan fingerprint density at radius 2 is 2.00 bits per heavy atom. The number of hydrogen-bond donors (Lipinski definition) is 0. The highest BCUT2D eigenvalue weighted by Crippen LogP contribution is 2.35. The average molecular weight is 326 g/mol. The number of amides is 1. The van der Waals surface area contributed by atoms with Crippen molar-refractivity contribution in [2.45, 2.75) is 32.7 Å². The highest BCUT2D eigenvalue weighted by atomic mass is 35.5. The van der Waals surface area contributed by atoms with Crippen LogP contribution in [-0.4, -0.2) is 28.2 Å². The molecule has 1 aliphatic heterocycles. The summed E-state index contributed by atoms with van der Waals surface area (Å²) >= 11 is 7.23. The second-order valence-electron chi connectivity index (χ2n) is 5.94. The van der Waals surface area contributed by atoms with E-state index in [9.17, 15) is 9.59 Å². The van der Waals surface area contributed by atoms with Crippen LogP contribution in [0.15, 0.2) is 24.3 Å². The van der Waals surface area contributed by atoms with Gasteiger partial charge in [0.2, 0.25) is 5.91 Å². The molecule has 2 rings (SSSR count).